The van der Waals surface area contributed by atoms with Crippen molar-refractivity contribution in [1.82, 2.24) is 4.90 Å². The molecular formula is C12H19NO3. The Morgan fingerprint density at radius 3 is 2.69 bits per heavy atom. The van der Waals surface area contributed by atoms with Crippen molar-refractivity contribution in [2.45, 2.75) is 38.5 Å². The van der Waals surface area contributed by atoms with Crippen molar-refractivity contribution in [3.8, 4) is 0 Å². The molecule has 0 spiro atoms. The molecule has 2 rings (SSSR count). The molecule has 2 atom stereocenters. The fourth-order valence-electron chi connectivity index (χ4n) is 2.93. The Morgan fingerprint density at radius 1 is 1.31 bits per heavy atom. The molecule has 0 radical (unpaired) electrons. The number of carbonyl (C=O) groups is 2. The summed E-state index contributed by atoms with van der Waals surface area (Å²) < 4.78 is 0. The Hall–Kier alpha value is -1.06. The van der Waals surface area contributed by atoms with Crippen LogP contribution >= 0.6 is 0 Å². The van der Waals surface area contributed by atoms with Gasteiger partial charge in [0.05, 0.1) is 5.92 Å². The summed E-state index contributed by atoms with van der Waals surface area (Å²) in [5.41, 5.74) is 0. The molecule has 2 unspecified atom stereocenters. The Balaban J connectivity index is 1.95. The molecule has 1 amide bonds. The molecular weight excluding hydrogens is 206 g/mol. The molecule has 4 nitrogen and oxygen atoms in total. The topological polar surface area (TPSA) is 57.6 Å². The van der Waals surface area contributed by atoms with Gasteiger partial charge in [0.1, 0.15) is 0 Å². The van der Waals surface area contributed by atoms with Gasteiger partial charge < -0.3 is 10.0 Å². The molecule has 2 fully saturated rings. The third kappa shape index (κ3) is 2.36. The maximum absolute atomic E-state index is 11.5. The molecule has 1 saturated heterocycles. The third-order valence-electron chi connectivity index (χ3n) is 3.85. The third-order valence-corrected chi connectivity index (χ3v) is 3.85. The molecule has 4 heteroatoms. The zero-order chi connectivity index (χ0) is 11.5. The van der Waals surface area contributed by atoms with E-state index in [9.17, 15) is 9.59 Å². The Bertz CT molecular complexity index is 290. The molecule has 1 aliphatic heterocycles. The largest absolute Gasteiger partial charge is 0.481 e. The molecule has 16 heavy (non-hydrogen) atoms. The van der Waals surface area contributed by atoms with E-state index in [0.717, 1.165) is 38.6 Å². The predicted molar refractivity (Wildman–Crippen MR) is 58.9 cm³/mol. The van der Waals surface area contributed by atoms with E-state index >= 15 is 0 Å². The summed E-state index contributed by atoms with van der Waals surface area (Å²) in [6, 6.07) is 0. The molecule has 90 valence electrons. The van der Waals surface area contributed by atoms with Crippen LogP contribution in [0.2, 0.25) is 0 Å². The standard InChI is InChI=1S/C12H19NO3/c14-11-6-3-7-13(11)8-9-4-1-2-5-10(9)12(15)16/h9-10H,1-8H2,(H,15,16). The fraction of sp³-hybridized carbons (Fsp3) is 0.833. The lowest BCUT2D eigenvalue weighted by molar-refractivity contribution is -0.146. The Labute approximate surface area is 95.6 Å². The first-order chi connectivity index (χ1) is 7.68. The predicted octanol–water partition coefficient (Wildman–Crippen LogP) is 1.50. The highest BCUT2D eigenvalue weighted by Crippen LogP contribution is 2.31. The number of rotatable bonds is 3. The van der Waals surface area contributed by atoms with E-state index in [-0.39, 0.29) is 17.7 Å². The molecule has 2 aliphatic rings. The van der Waals surface area contributed by atoms with Crippen LogP contribution in [0.4, 0.5) is 0 Å². The summed E-state index contributed by atoms with van der Waals surface area (Å²) >= 11 is 0. The SMILES string of the molecule is O=C(O)C1CCCCC1CN1CCCC1=O. The van der Waals surface area contributed by atoms with Gasteiger partial charge >= 0.3 is 5.97 Å². The van der Waals surface area contributed by atoms with Gasteiger partial charge in [0.25, 0.3) is 0 Å². The molecule has 1 heterocycles. The lowest BCUT2D eigenvalue weighted by Crippen LogP contribution is -2.37. The van der Waals surface area contributed by atoms with Crippen molar-refractivity contribution >= 4 is 11.9 Å². The van der Waals surface area contributed by atoms with Gasteiger partial charge in [-0.05, 0) is 25.2 Å². The van der Waals surface area contributed by atoms with Crippen LogP contribution in [-0.4, -0.2) is 35.0 Å². The van der Waals surface area contributed by atoms with E-state index < -0.39 is 5.97 Å². The van der Waals surface area contributed by atoms with Gasteiger partial charge in [-0.15, -0.1) is 0 Å². The average Bonchev–Trinajstić information content (AvgIpc) is 2.65. The van der Waals surface area contributed by atoms with Gasteiger partial charge in [0.2, 0.25) is 5.91 Å². The second-order valence-corrected chi connectivity index (χ2v) is 4.93. The van der Waals surface area contributed by atoms with E-state index in [4.69, 9.17) is 5.11 Å². The molecule has 0 aromatic heterocycles. The van der Waals surface area contributed by atoms with Crippen LogP contribution in [0.25, 0.3) is 0 Å². The van der Waals surface area contributed by atoms with Crippen LogP contribution in [0.3, 0.4) is 0 Å². The van der Waals surface area contributed by atoms with E-state index in [2.05, 4.69) is 0 Å². The van der Waals surface area contributed by atoms with Crippen LogP contribution in [0.15, 0.2) is 0 Å². The first kappa shape index (κ1) is 11.4. The van der Waals surface area contributed by atoms with Crippen molar-refractivity contribution < 1.29 is 14.7 Å². The Kier molecular flexibility index (Phi) is 3.46. The molecule has 1 saturated carbocycles. The molecule has 1 aliphatic carbocycles. The maximum atomic E-state index is 11.5. The number of carboxylic acids is 1. The minimum atomic E-state index is -0.684. The lowest BCUT2D eigenvalue weighted by Gasteiger charge is -2.31. The van der Waals surface area contributed by atoms with E-state index in [1.165, 1.54) is 0 Å². The van der Waals surface area contributed by atoms with Crippen molar-refractivity contribution in [2.24, 2.45) is 11.8 Å². The Morgan fingerprint density at radius 2 is 2.06 bits per heavy atom. The normalized spacial score (nSPS) is 30.8. The van der Waals surface area contributed by atoms with Crippen molar-refractivity contribution in [2.75, 3.05) is 13.1 Å². The average molecular weight is 225 g/mol. The lowest BCUT2D eigenvalue weighted by atomic mass is 9.79. The van der Waals surface area contributed by atoms with Crippen molar-refractivity contribution in [3.63, 3.8) is 0 Å². The van der Waals surface area contributed by atoms with E-state index in [1.807, 2.05) is 4.90 Å². The highest BCUT2D eigenvalue weighted by Gasteiger charge is 2.33. The van der Waals surface area contributed by atoms with Crippen LogP contribution in [-0.2, 0) is 9.59 Å². The zero-order valence-electron chi connectivity index (χ0n) is 9.52. The summed E-state index contributed by atoms with van der Waals surface area (Å²) in [6.45, 7) is 1.48. The minimum Gasteiger partial charge on any atom is -0.481 e. The summed E-state index contributed by atoms with van der Waals surface area (Å²) in [5, 5.41) is 9.15. The smallest absolute Gasteiger partial charge is 0.306 e. The summed E-state index contributed by atoms with van der Waals surface area (Å²) in [7, 11) is 0. The number of carbonyl (C=O) groups excluding carboxylic acids is 1. The number of hydrogen-bond acceptors (Lipinski definition) is 2. The highest BCUT2D eigenvalue weighted by atomic mass is 16.4. The summed E-state index contributed by atoms with van der Waals surface area (Å²) in [4.78, 5) is 24.5. The van der Waals surface area contributed by atoms with E-state index in [0.29, 0.717) is 13.0 Å². The van der Waals surface area contributed by atoms with Crippen molar-refractivity contribution in [3.05, 3.63) is 0 Å². The quantitative estimate of drug-likeness (QED) is 0.791. The number of aliphatic carboxylic acids is 1. The zero-order valence-corrected chi connectivity index (χ0v) is 9.52. The number of amides is 1. The van der Waals surface area contributed by atoms with Crippen LogP contribution in [0.5, 0.6) is 0 Å². The number of likely N-dealkylation sites (tertiary alicyclic amines) is 1. The molecule has 0 aromatic carbocycles. The van der Waals surface area contributed by atoms with Crippen molar-refractivity contribution in [1.29, 1.82) is 0 Å². The van der Waals surface area contributed by atoms with Gasteiger partial charge in [-0.2, -0.15) is 0 Å². The number of hydrogen-bond donors (Lipinski definition) is 1. The number of carboxylic acid groups (broad SMARTS) is 1. The minimum absolute atomic E-state index is 0.174. The van der Waals surface area contributed by atoms with Gasteiger partial charge in [-0.1, -0.05) is 12.8 Å². The van der Waals surface area contributed by atoms with Gasteiger partial charge in [0.15, 0.2) is 0 Å². The number of nitrogens with zero attached hydrogens (tertiary/aromatic N) is 1. The second-order valence-electron chi connectivity index (χ2n) is 4.93. The first-order valence-electron chi connectivity index (χ1n) is 6.19. The van der Waals surface area contributed by atoms with Crippen LogP contribution in [0, 0.1) is 11.8 Å². The monoisotopic (exact) mass is 225 g/mol. The summed E-state index contributed by atoms with van der Waals surface area (Å²) in [6.07, 6.45) is 5.44. The van der Waals surface area contributed by atoms with Gasteiger partial charge in [0, 0.05) is 19.5 Å². The van der Waals surface area contributed by atoms with E-state index in [1.54, 1.807) is 0 Å². The molecule has 0 aromatic rings. The maximum Gasteiger partial charge on any atom is 0.306 e. The second kappa shape index (κ2) is 4.85. The summed E-state index contributed by atoms with van der Waals surface area (Å²) in [5.74, 6) is -0.540. The molecule has 1 N–H and O–H groups in total. The first-order valence-corrected chi connectivity index (χ1v) is 6.19. The van der Waals surface area contributed by atoms with Crippen LogP contribution < -0.4 is 0 Å². The van der Waals surface area contributed by atoms with Gasteiger partial charge in [-0.3, -0.25) is 9.59 Å². The fourth-order valence-corrected chi connectivity index (χ4v) is 2.93. The molecule has 0 bridgehead atoms. The highest BCUT2D eigenvalue weighted by molar-refractivity contribution is 5.78. The van der Waals surface area contributed by atoms with Gasteiger partial charge in [-0.25, -0.2) is 0 Å². The van der Waals surface area contributed by atoms with Crippen LogP contribution in [0.1, 0.15) is 38.5 Å².